The Balaban J connectivity index is 2.59. The van der Waals surface area contributed by atoms with E-state index in [-0.39, 0.29) is 0 Å². The summed E-state index contributed by atoms with van der Waals surface area (Å²) in [6.07, 6.45) is -5.88. The van der Waals surface area contributed by atoms with Crippen molar-refractivity contribution in [3.8, 4) is 0 Å². The van der Waals surface area contributed by atoms with E-state index in [9.17, 15) is 18.0 Å². The zero-order chi connectivity index (χ0) is 12.1. The Bertz CT molecular complexity index is 285. The molecular weight excluding hydrogens is 213 g/mol. The third-order valence-corrected chi connectivity index (χ3v) is 2.91. The van der Waals surface area contributed by atoms with Crippen molar-refractivity contribution in [3.63, 3.8) is 0 Å². The Morgan fingerprint density at radius 3 is 2.00 bits per heavy atom. The third kappa shape index (κ3) is 2.09. The van der Waals surface area contributed by atoms with Crippen LogP contribution in [0.25, 0.3) is 0 Å². The number of alkyl halides is 3. The van der Waals surface area contributed by atoms with E-state index in [0.29, 0.717) is 0 Å². The van der Waals surface area contributed by atoms with Crippen LogP contribution in [0.3, 0.4) is 0 Å². The van der Waals surface area contributed by atoms with Crippen molar-refractivity contribution in [3.05, 3.63) is 0 Å². The van der Waals surface area contributed by atoms with Crippen LogP contribution in [0, 0.1) is 0 Å². The lowest BCUT2D eigenvalue weighted by atomic mass is 9.93. The van der Waals surface area contributed by atoms with Gasteiger partial charge in [0.25, 0.3) is 0 Å². The molecule has 0 N–H and O–H groups in total. The van der Waals surface area contributed by atoms with Crippen LogP contribution in [0.2, 0.25) is 0 Å². The highest BCUT2D eigenvalue weighted by atomic mass is 19.4. The average Bonchev–Trinajstić information content (AvgIpc) is 2.50. The lowest BCUT2D eigenvalue weighted by molar-refractivity contribution is -0.206. The van der Waals surface area contributed by atoms with Gasteiger partial charge in [0.2, 0.25) is 0 Å². The summed E-state index contributed by atoms with van der Waals surface area (Å²) in [6.45, 7) is 6.45. The van der Waals surface area contributed by atoms with Gasteiger partial charge in [-0.25, -0.2) is 4.79 Å². The van der Waals surface area contributed by atoms with Crippen molar-refractivity contribution in [2.75, 3.05) is 0 Å². The van der Waals surface area contributed by atoms with Crippen LogP contribution in [0.15, 0.2) is 0 Å². The minimum atomic E-state index is -4.95. The predicted molar refractivity (Wildman–Crippen MR) is 45.2 cm³/mol. The Morgan fingerprint density at radius 1 is 1.33 bits per heavy atom. The second-order valence-electron chi connectivity index (χ2n) is 4.26. The van der Waals surface area contributed by atoms with E-state index >= 15 is 0 Å². The maximum atomic E-state index is 11.9. The van der Waals surface area contributed by atoms with E-state index in [0.717, 1.165) is 0 Å². The second-order valence-corrected chi connectivity index (χ2v) is 4.26. The van der Waals surface area contributed by atoms with E-state index in [1.54, 1.807) is 20.8 Å². The molecule has 0 amide bonds. The lowest BCUT2D eigenvalue weighted by Gasteiger charge is -2.19. The Morgan fingerprint density at radius 2 is 1.73 bits per heavy atom. The summed E-state index contributed by atoms with van der Waals surface area (Å²) in [5, 5.41) is 0. The lowest BCUT2D eigenvalue weighted by Crippen LogP contribution is -2.38. The minimum Gasteiger partial charge on any atom is -0.453 e. The first-order valence-electron chi connectivity index (χ1n) is 4.49. The first-order valence-corrected chi connectivity index (χ1v) is 4.49. The first-order chi connectivity index (χ1) is 6.51. The van der Waals surface area contributed by atoms with Gasteiger partial charge in [0.15, 0.2) is 0 Å². The highest BCUT2D eigenvalue weighted by molar-refractivity contribution is 5.75. The zero-order valence-electron chi connectivity index (χ0n) is 8.94. The predicted octanol–water partition coefficient (Wildman–Crippen LogP) is 2.05. The number of hydrogen-bond donors (Lipinski definition) is 0. The number of carbonyl (C=O) groups is 1. The first kappa shape index (κ1) is 12.3. The maximum absolute atomic E-state index is 11.9. The Kier molecular flexibility index (Phi) is 2.54. The van der Waals surface area contributed by atoms with Crippen LogP contribution in [-0.2, 0) is 14.3 Å². The monoisotopic (exact) mass is 226 g/mol. The number of halogens is 3. The van der Waals surface area contributed by atoms with Gasteiger partial charge < -0.3 is 9.47 Å². The van der Waals surface area contributed by atoms with Gasteiger partial charge in [-0.05, 0) is 27.7 Å². The van der Waals surface area contributed by atoms with E-state index in [1.165, 1.54) is 6.92 Å². The molecule has 0 aromatic heterocycles. The molecule has 0 aromatic rings. The second kappa shape index (κ2) is 3.10. The molecule has 1 aliphatic heterocycles. The topological polar surface area (TPSA) is 38.8 Å². The molecule has 1 rings (SSSR count). The molecule has 0 aromatic carbocycles. The highest BCUT2D eigenvalue weighted by Crippen LogP contribution is 2.50. The molecule has 0 saturated carbocycles. The summed E-state index contributed by atoms with van der Waals surface area (Å²) in [6, 6.07) is 0. The van der Waals surface area contributed by atoms with Crippen LogP contribution < -0.4 is 0 Å². The summed E-state index contributed by atoms with van der Waals surface area (Å²) < 4.78 is 45.2. The van der Waals surface area contributed by atoms with Crippen LogP contribution in [-0.4, -0.2) is 29.5 Å². The zero-order valence-corrected chi connectivity index (χ0v) is 8.94. The van der Waals surface area contributed by atoms with Gasteiger partial charge in [-0.2, -0.15) is 13.2 Å². The van der Waals surface area contributed by atoms with Crippen molar-refractivity contribution < 1.29 is 27.4 Å². The van der Waals surface area contributed by atoms with Crippen LogP contribution in [0.4, 0.5) is 13.2 Å². The fraction of sp³-hybridized carbons (Fsp3) is 0.889. The number of rotatable bonds is 2. The fourth-order valence-electron chi connectivity index (χ4n) is 1.42. The smallest absolute Gasteiger partial charge is 0.453 e. The van der Waals surface area contributed by atoms with Crippen LogP contribution >= 0.6 is 0 Å². The molecule has 0 aliphatic carbocycles. The molecular formula is C9H13F3O3. The molecule has 0 radical (unpaired) electrons. The molecule has 1 saturated heterocycles. The molecule has 15 heavy (non-hydrogen) atoms. The number of carbonyl (C=O) groups excluding carboxylic acids is 1. The molecule has 0 bridgehead atoms. The summed E-state index contributed by atoms with van der Waals surface area (Å²) in [5.41, 5.74) is -1.40. The summed E-state index contributed by atoms with van der Waals surface area (Å²) in [5.74, 6) is -2.18. The molecule has 0 unspecified atom stereocenters. The molecule has 6 heteroatoms. The molecule has 1 aliphatic rings. The Hall–Kier alpha value is -0.780. The van der Waals surface area contributed by atoms with Gasteiger partial charge >= 0.3 is 12.1 Å². The summed E-state index contributed by atoms with van der Waals surface area (Å²) in [7, 11) is 0. The van der Waals surface area contributed by atoms with Crippen molar-refractivity contribution in [1.82, 2.24) is 0 Å². The van der Waals surface area contributed by atoms with Crippen LogP contribution in [0.1, 0.15) is 27.7 Å². The summed E-state index contributed by atoms with van der Waals surface area (Å²) in [4.78, 5) is 10.6. The largest absolute Gasteiger partial charge is 0.490 e. The van der Waals surface area contributed by atoms with Gasteiger partial charge in [0, 0.05) is 0 Å². The quantitative estimate of drug-likeness (QED) is 0.534. The summed E-state index contributed by atoms with van der Waals surface area (Å²) >= 11 is 0. The number of hydrogen-bond acceptors (Lipinski definition) is 3. The van der Waals surface area contributed by atoms with Gasteiger partial charge in [-0.15, -0.1) is 0 Å². The van der Waals surface area contributed by atoms with E-state index in [2.05, 4.69) is 4.74 Å². The molecule has 2 atom stereocenters. The number of ether oxygens (including phenoxy) is 2. The molecule has 88 valence electrons. The standard InChI is InChI=1S/C9H13F3O3/c1-5(8(4)7(2,3)15-8)14-6(13)9(10,11)12/h5H,1-4H3/t5-,8+/m1/s1. The van der Waals surface area contributed by atoms with E-state index in [4.69, 9.17) is 4.74 Å². The van der Waals surface area contributed by atoms with Gasteiger partial charge in [0.1, 0.15) is 11.7 Å². The third-order valence-electron chi connectivity index (χ3n) is 2.91. The van der Waals surface area contributed by atoms with Gasteiger partial charge in [-0.1, -0.05) is 0 Å². The number of esters is 1. The molecule has 3 nitrogen and oxygen atoms in total. The maximum Gasteiger partial charge on any atom is 0.490 e. The molecule has 1 heterocycles. The number of epoxide rings is 1. The average molecular weight is 226 g/mol. The Labute approximate surface area is 85.5 Å². The fourth-order valence-corrected chi connectivity index (χ4v) is 1.42. The van der Waals surface area contributed by atoms with Crippen molar-refractivity contribution >= 4 is 5.97 Å². The van der Waals surface area contributed by atoms with E-state index < -0.39 is 29.5 Å². The van der Waals surface area contributed by atoms with Gasteiger partial charge in [0.05, 0.1) is 5.60 Å². The van der Waals surface area contributed by atoms with Gasteiger partial charge in [-0.3, -0.25) is 0 Å². The highest BCUT2D eigenvalue weighted by Gasteiger charge is 2.65. The van der Waals surface area contributed by atoms with Crippen molar-refractivity contribution in [1.29, 1.82) is 0 Å². The SMILES string of the molecule is C[C@@H](OC(=O)C(F)(F)F)[C@]1(C)OC1(C)C. The van der Waals surface area contributed by atoms with E-state index in [1.807, 2.05) is 0 Å². The van der Waals surface area contributed by atoms with Crippen LogP contribution in [0.5, 0.6) is 0 Å². The normalized spacial score (nSPS) is 30.9. The van der Waals surface area contributed by atoms with Crippen molar-refractivity contribution in [2.24, 2.45) is 0 Å². The minimum absolute atomic E-state index is 0.557. The molecule has 1 fully saturated rings. The molecule has 0 spiro atoms. The van der Waals surface area contributed by atoms with Crippen molar-refractivity contribution in [2.45, 2.75) is 51.2 Å².